The van der Waals surface area contributed by atoms with E-state index < -0.39 is 0 Å². The van der Waals surface area contributed by atoms with Gasteiger partial charge in [0.05, 0.1) is 0 Å². The molecule has 1 aromatic rings. The maximum absolute atomic E-state index is 10.9. The Kier molecular flexibility index (Phi) is 2.29. The number of terminal acetylenes is 1. The lowest BCUT2D eigenvalue weighted by Gasteiger charge is -2.02. The lowest BCUT2D eigenvalue weighted by Crippen LogP contribution is -2.03. The molecule has 0 radical (unpaired) electrons. The second-order valence-electron chi connectivity index (χ2n) is 2.75. The molecule has 0 unspecified atom stereocenters. The third-order valence-corrected chi connectivity index (χ3v) is 1.50. The van der Waals surface area contributed by atoms with Gasteiger partial charge in [-0.05, 0) is 25.8 Å². The van der Waals surface area contributed by atoms with Crippen molar-refractivity contribution in [3.63, 3.8) is 0 Å². The Hall–Kier alpha value is -1.56. The monoisotopic (exact) mass is 164 g/mol. The highest BCUT2D eigenvalue weighted by molar-refractivity contribution is 6.07. The normalized spacial score (nSPS) is 9.83. The number of hydrogen-bond donors (Lipinski definition) is 0. The number of carbonyl (C=O) groups excluding carboxylic acids is 1. The van der Waals surface area contributed by atoms with Crippen molar-refractivity contribution in [1.82, 2.24) is 9.78 Å². The van der Waals surface area contributed by atoms with E-state index in [1.54, 1.807) is 16.9 Å². The van der Waals surface area contributed by atoms with E-state index in [4.69, 9.17) is 6.42 Å². The summed E-state index contributed by atoms with van der Waals surface area (Å²) in [6.45, 7) is 3.97. The van der Waals surface area contributed by atoms with Crippen molar-refractivity contribution in [3.05, 3.63) is 18.0 Å². The fourth-order valence-corrected chi connectivity index (χ4v) is 0.821. The quantitative estimate of drug-likeness (QED) is 0.377. The van der Waals surface area contributed by atoms with Gasteiger partial charge in [0.2, 0.25) is 0 Å². The number of ketones is 1. The molecule has 1 rings (SSSR count). The van der Waals surface area contributed by atoms with Crippen molar-refractivity contribution in [2.45, 2.75) is 19.9 Å². The molecule has 0 atom stereocenters. The van der Waals surface area contributed by atoms with Gasteiger partial charge in [0, 0.05) is 13.7 Å². The summed E-state index contributed by atoms with van der Waals surface area (Å²) in [7, 11) is 0. The fraction of sp³-hybridized carbons (Fsp3) is 0.333. The van der Waals surface area contributed by atoms with Crippen LogP contribution in [0.3, 0.4) is 0 Å². The van der Waals surface area contributed by atoms with Crippen LogP contribution in [0.25, 0.3) is 0 Å². The molecule has 3 heteroatoms. The number of rotatable bonds is 2. The molecule has 0 spiro atoms. The fourth-order valence-electron chi connectivity index (χ4n) is 0.821. The van der Waals surface area contributed by atoms with Crippen LogP contribution in [-0.2, 0) is 0 Å². The maximum Gasteiger partial charge on any atom is 0.255 e. The third-order valence-electron chi connectivity index (χ3n) is 1.50. The van der Waals surface area contributed by atoms with E-state index in [1.165, 1.54) is 0 Å². The van der Waals surface area contributed by atoms with Crippen LogP contribution >= 0.6 is 0 Å². The molecular weight excluding hydrogens is 152 g/mol. The number of Topliss-reactive ketones (excluding diaryl/α,β-unsaturated/α-hetero) is 1. The zero-order chi connectivity index (χ0) is 9.14. The van der Waals surface area contributed by atoms with E-state index in [2.05, 4.69) is 5.10 Å². The minimum absolute atomic E-state index is 0. The Morgan fingerprint density at radius 1 is 1.83 bits per heavy atom. The highest BCUT2D eigenvalue weighted by Gasteiger charge is 2.06. The first-order valence-corrected chi connectivity index (χ1v) is 3.71. The minimum atomic E-state index is -0.366. The predicted octanol–water partition coefficient (Wildman–Crippen LogP) is 1.53. The van der Waals surface area contributed by atoms with E-state index in [-0.39, 0.29) is 13.3 Å². The van der Waals surface area contributed by atoms with Gasteiger partial charge in [-0.2, -0.15) is 5.10 Å². The summed E-state index contributed by atoms with van der Waals surface area (Å²) >= 11 is 0. The zero-order valence-electron chi connectivity index (χ0n) is 7.11. The van der Waals surface area contributed by atoms with Crippen molar-refractivity contribution in [2.75, 3.05) is 0 Å². The second kappa shape index (κ2) is 3.22. The molecule has 1 heterocycles. The number of nitrogens with zero attached hydrogens (tertiary/aromatic N) is 2. The lowest BCUT2D eigenvalue weighted by atomic mass is 10.3. The molecule has 0 bridgehead atoms. The van der Waals surface area contributed by atoms with Gasteiger partial charge in [0.25, 0.3) is 5.78 Å². The van der Waals surface area contributed by atoms with Crippen LogP contribution in [-0.4, -0.2) is 15.6 Å². The zero-order valence-corrected chi connectivity index (χ0v) is 7.11. The molecule has 64 valence electrons. The van der Waals surface area contributed by atoms with Gasteiger partial charge < -0.3 is 0 Å². The average molecular weight is 164 g/mol. The standard InChI is InChI=1S/C9H10N2O.H2/c1-4-9(12)8-5-6-11(10-8)7(2)3;/h1,5-7H,2-3H3;1H. The topological polar surface area (TPSA) is 34.9 Å². The molecular formula is C9H12N2O. The van der Waals surface area contributed by atoms with Crippen molar-refractivity contribution in [2.24, 2.45) is 0 Å². The van der Waals surface area contributed by atoms with E-state index in [9.17, 15) is 4.79 Å². The predicted molar refractivity (Wildman–Crippen MR) is 47.9 cm³/mol. The molecule has 0 amide bonds. The van der Waals surface area contributed by atoms with E-state index in [0.717, 1.165) is 0 Å². The Balaban J connectivity index is 0.00000144. The molecule has 3 nitrogen and oxygen atoms in total. The molecule has 0 N–H and O–H groups in total. The second-order valence-corrected chi connectivity index (χ2v) is 2.75. The first-order chi connectivity index (χ1) is 5.65. The van der Waals surface area contributed by atoms with Crippen LogP contribution in [0.15, 0.2) is 12.3 Å². The first-order valence-electron chi connectivity index (χ1n) is 3.71. The molecule has 0 fully saturated rings. The van der Waals surface area contributed by atoms with Crippen molar-refractivity contribution >= 4 is 5.78 Å². The third kappa shape index (κ3) is 1.54. The molecule has 0 aliphatic rings. The molecule has 12 heavy (non-hydrogen) atoms. The van der Waals surface area contributed by atoms with Crippen LogP contribution < -0.4 is 0 Å². The highest BCUT2D eigenvalue weighted by atomic mass is 16.1. The van der Waals surface area contributed by atoms with Gasteiger partial charge in [-0.25, -0.2) is 0 Å². The van der Waals surface area contributed by atoms with Gasteiger partial charge in [-0.15, -0.1) is 6.42 Å². The Labute approximate surface area is 72.9 Å². The molecule has 0 aliphatic carbocycles. The molecule has 0 saturated carbocycles. The van der Waals surface area contributed by atoms with Crippen LogP contribution in [0.5, 0.6) is 0 Å². The SMILES string of the molecule is C#CC(=O)c1ccn(C(C)C)n1.[HH]. The Morgan fingerprint density at radius 3 is 2.92 bits per heavy atom. The van der Waals surface area contributed by atoms with Gasteiger partial charge in [-0.3, -0.25) is 9.48 Å². The maximum atomic E-state index is 10.9. The molecule has 0 aliphatic heterocycles. The van der Waals surface area contributed by atoms with Crippen LogP contribution in [0.4, 0.5) is 0 Å². The summed E-state index contributed by atoms with van der Waals surface area (Å²) in [5.41, 5.74) is 0.339. The minimum Gasteiger partial charge on any atom is -0.277 e. The number of aromatic nitrogens is 2. The summed E-state index contributed by atoms with van der Waals surface area (Å²) in [6, 6.07) is 1.88. The van der Waals surface area contributed by atoms with Crippen molar-refractivity contribution < 1.29 is 6.22 Å². The summed E-state index contributed by atoms with van der Waals surface area (Å²) in [5, 5.41) is 4.01. The van der Waals surface area contributed by atoms with E-state index >= 15 is 0 Å². The molecule has 0 saturated heterocycles. The Morgan fingerprint density at radius 2 is 2.50 bits per heavy atom. The molecule has 1 aromatic heterocycles. The van der Waals surface area contributed by atoms with Gasteiger partial charge in [-0.1, -0.05) is 0 Å². The number of hydrogen-bond acceptors (Lipinski definition) is 2. The van der Waals surface area contributed by atoms with Crippen LogP contribution in [0.1, 0.15) is 31.8 Å². The lowest BCUT2D eigenvalue weighted by molar-refractivity contribution is 0.105. The smallest absolute Gasteiger partial charge is 0.255 e. The van der Waals surface area contributed by atoms with Gasteiger partial charge in [0.1, 0.15) is 5.69 Å². The van der Waals surface area contributed by atoms with Gasteiger partial charge >= 0.3 is 0 Å². The number of carbonyl (C=O) groups is 1. The molecule has 0 aromatic carbocycles. The van der Waals surface area contributed by atoms with Crippen LogP contribution in [0.2, 0.25) is 0 Å². The average Bonchev–Trinajstić information content (AvgIpc) is 2.51. The highest BCUT2D eigenvalue weighted by Crippen LogP contribution is 2.03. The first kappa shape index (κ1) is 8.54. The van der Waals surface area contributed by atoms with E-state index in [0.29, 0.717) is 5.69 Å². The largest absolute Gasteiger partial charge is 0.277 e. The van der Waals surface area contributed by atoms with Crippen molar-refractivity contribution in [3.8, 4) is 12.3 Å². The van der Waals surface area contributed by atoms with E-state index in [1.807, 2.05) is 19.8 Å². The summed E-state index contributed by atoms with van der Waals surface area (Å²) in [5.74, 6) is 1.65. The summed E-state index contributed by atoms with van der Waals surface area (Å²) in [4.78, 5) is 10.9. The van der Waals surface area contributed by atoms with Gasteiger partial charge in [0.15, 0.2) is 0 Å². The Bertz CT molecular complexity index is 336. The van der Waals surface area contributed by atoms with Crippen LogP contribution in [0, 0.1) is 12.3 Å². The summed E-state index contributed by atoms with van der Waals surface area (Å²) in [6.07, 6.45) is 6.69. The summed E-state index contributed by atoms with van der Waals surface area (Å²) < 4.78 is 1.70. The van der Waals surface area contributed by atoms with Crippen molar-refractivity contribution in [1.29, 1.82) is 0 Å².